The Hall–Kier alpha value is -2.45. The molecule has 0 unspecified atom stereocenters. The van der Waals surface area contributed by atoms with Gasteiger partial charge in [-0.15, -0.1) is 11.3 Å². The summed E-state index contributed by atoms with van der Waals surface area (Å²) in [6, 6.07) is 7.73. The number of likely N-dealkylation sites (N-methyl/N-ethyl adjacent to an activating group) is 1. The number of amides is 2. The van der Waals surface area contributed by atoms with E-state index in [2.05, 4.69) is 15.2 Å². The highest BCUT2D eigenvalue weighted by Gasteiger charge is 2.15. The van der Waals surface area contributed by atoms with Gasteiger partial charge in [0.2, 0.25) is 11.8 Å². The molecule has 1 fully saturated rings. The Bertz CT molecular complexity index is 785. The van der Waals surface area contributed by atoms with Crippen LogP contribution in [0.5, 0.6) is 0 Å². The average molecular weight is 388 g/mol. The van der Waals surface area contributed by atoms with E-state index in [9.17, 15) is 9.59 Å². The summed E-state index contributed by atoms with van der Waals surface area (Å²) >= 11 is 1.51. The molecule has 1 aliphatic heterocycles. The number of aromatic nitrogens is 1. The molecule has 0 radical (unpaired) electrons. The first kappa shape index (κ1) is 19.3. The van der Waals surface area contributed by atoms with Crippen molar-refractivity contribution in [2.45, 2.75) is 13.3 Å². The number of morpholine rings is 1. The monoisotopic (exact) mass is 388 g/mol. The highest BCUT2D eigenvalue weighted by molar-refractivity contribution is 7.09. The number of rotatable bonds is 6. The van der Waals surface area contributed by atoms with Crippen molar-refractivity contribution in [1.82, 2.24) is 9.88 Å². The number of hydrogen-bond acceptors (Lipinski definition) is 6. The van der Waals surface area contributed by atoms with Crippen molar-refractivity contribution in [3.8, 4) is 0 Å². The number of carbonyl (C=O) groups is 2. The molecule has 3 rings (SSSR count). The molecule has 0 saturated carbocycles. The van der Waals surface area contributed by atoms with Gasteiger partial charge in [-0.3, -0.25) is 9.59 Å². The van der Waals surface area contributed by atoms with Gasteiger partial charge in [-0.05, 0) is 31.2 Å². The second kappa shape index (κ2) is 8.96. The quantitative estimate of drug-likeness (QED) is 0.818. The molecule has 0 bridgehead atoms. The van der Waals surface area contributed by atoms with Gasteiger partial charge in [0.1, 0.15) is 0 Å². The first-order valence-corrected chi connectivity index (χ1v) is 9.77. The Morgan fingerprint density at radius 1 is 1.26 bits per heavy atom. The van der Waals surface area contributed by atoms with Crippen LogP contribution in [-0.4, -0.2) is 61.6 Å². The summed E-state index contributed by atoms with van der Waals surface area (Å²) < 4.78 is 5.36. The summed E-state index contributed by atoms with van der Waals surface area (Å²) in [6.45, 7) is 5.13. The van der Waals surface area contributed by atoms with E-state index < -0.39 is 0 Å². The molecule has 1 aliphatic rings. The third-order valence-electron chi connectivity index (χ3n) is 4.33. The van der Waals surface area contributed by atoms with Crippen molar-refractivity contribution < 1.29 is 14.3 Å². The van der Waals surface area contributed by atoms with Gasteiger partial charge in [0.25, 0.3) is 0 Å². The normalized spacial score (nSPS) is 14.1. The van der Waals surface area contributed by atoms with Gasteiger partial charge in [0, 0.05) is 36.9 Å². The Morgan fingerprint density at radius 2 is 1.96 bits per heavy atom. The van der Waals surface area contributed by atoms with Gasteiger partial charge in [0.15, 0.2) is 0 Å². The number of hydrogen-bond donors (Lipinski definition) is 1. The van der Waals surface area contributed by atoms with Crippen LogP contribution < -0.4 is 10.2 Å². The highest BCUT2D eigenvalue weighted by Crippen LogP contribution is 2.19. The smallest absolute Gasteiger partial charge is 0.243 e. The minimum absolute atomic E-state index is 0.00711. The third-order valence-corrected chi connectivity index (χ3v) is 5.16. The molecule has 0 spiro atoms. The standard InChI is InChI=1S/C19H24N4O3S/c1-14-20-16(13-27-14)11-19(25)22(2)12-18(24)21-15-3-5-17(6-4-15)23-7-9-26-10-8-23/h3-6,13H,7-12H2,1-2H3,(H,21,24). The summed E-state index contributed by atoms with van der Waals surface area (Å²) in [5, 5.41) is 5.64. The maximum absolute atomic E-state index is 12.2. The SMILES string of the molecule is Cc1nc(CC(=O)N(C)CC(=O)Nc2ccc(N3CCOCC3)cc2)cs1. The largest absolute Gasteiger partial charge is 0.378 e. The molecule has 8 heteroatoms. The lowest BCUT2D eigenvalue weighted by atomic mass is 10.2. The summed E-state index contributed by atoms with van der Waals surface area (Å²) in [6.07, 6.45) is 0.211. The summed E-state index contributed by atoms with van der Waals surface area (Å²) in [4.78, 5) is 32.4. The van der Waals surface area contributed by atoms with Crippen LogP contribution in [0.3, 0.4) is 0 Å². The number of benzene rings is 1. The van der Waals surface area contributed by atoms with Crippen molar-refractivity contribution in [3.05, 3.63) is 40.3 Å². The van der Waals surface area contributed by atoms with Gasteiger partial charge in [0.05, 0.1) is 36.9 Å². The second-order valence-corrected chi connectivity index (χ2v) is 7.54. The van der Waals surface area contributed by atoms with Crippen LogP contribution in [0, 0.1) is 6.92 Å². The molecule has 2 heterocycles. The van der Waals surface area contributed by atoms with Gasteiger partial charge < -0.3 is 19.9 Å². The summed E-state index contributed by atoms with van der Waals surface area (Å²) in [7, 11) is 1.63. The second-order valence-electron chi connectivity index (χ2n) is 6.48. The van der Waals surface area contributed by atoms with Gasteiger partial charge in [-0.1, -0.05) is 0 Å². The minimum Gasteiger partial charge on any atom is -0.378 e. The molecule has 2 amide bonds. The van der Waals surface area contributed by atoms with Crippen LogP contribution >= 0.6 is 11.3 Å². The van der Waals surface area contributed by atoms with E-state index in [-0.39, 0.29) is 24.8 Å². The first-order chi connectivity index (χ1) is 13.0. The number of nitrogens with one attached hydrogen (secondary N) is 1. The predicted octanol–water partition coefficient (Wildman–Crippen LogP) is 1.93. The van der Waals surface area contributed by atoms with Crippen LogP contribution in [0.4, 0.5) is 11.4 Å². The van der Waals surface area contributed by atoms with Gasteiger partial charge in [-0.25, -0.2) is 4.98 Å². The lowest BCUT2D eigenvalue weighted by Gasteiger charge is -2.28. The fraction of sp³-hybridized carbons (Fsp3) is 0.421. The zero-order valence-electron chi connectivity index (χ0n) is 15.6. The van der Waals surface area contributed by atoms with E-state index >= 15 is 0 Å². The zero-order valence-corrected chi connectivity index (χ0v) is 16.4. The molecular weight excluding hydrogens is 364 g/mol. The maximum Gasteiger partial charge on any atom is 0.243 e. The topological polar surface area (TPSA) is 74.8 Å². The number of anilines is 2. The number of ether oxygens (including phenoxy) is 1. The van der Waals surface area contributed by atoms with E-state index in [0.29, 0.717) is 5.69 Å². The summed E-state index contributed by atoms with van der Waals surface area (Å²) in [5.74, 6) is -0.349. The Balaban J connectivity index is 1.48. The predicted molar refractivity (Wildman–Crippen MR) is 106 cm³/mol. The zero-order chi connectivity index (χ0) is 19.2. The Labute approximate surface area is 162 Å². The van der Waals surface area contributed by atoms with Crippen LogP contribution in [0.1, 0.15) is 10.7 Å². The number of thiazole rings is 1. The summed E-state index contributed by atoms with van der Waals surface area (Å²) in [5.41, 5.74) is 2.57. The van der Waals surface area contributed by atoms with Crippen molar-refractivity contribution in [1.29, 1.82) is 0 Å². The molecule has 27 heavy (non-hydrogen) atoms. The van der Waals surface area contributed by atoms with Crippen LogP contribution in [-0.2, 0) is 20.7 Å². The molecule has 2 aromatic rings. The van der Waals surface area contributed by atoms with E-state index in [0.717, 1.165) is 42.7 Å². The van der Waals surface area contributed by atoms with Crippen molar-refractivity contribution in [3.63, 3.8) is 0 Å². The number of aryl methyl sites for hydroxylation is 1. The molecule has 0 aliphatic carbocycles. The third kappa shape index (κ3) is 5.51. The van der Waals surface area contributed by atoms with Gasteiger partial charge in [-0.2, -0.15) is 0 Å². The lowest BCUT2D eigenvalue weighted by molar-refractivity contribution is -0.132. The molecule has 1 aromatic heterocycles. The van der Waals surface area contributed by atoms with E-state index in [1.807, 2.05) is 36.6 Å². The Kier molecular flexibility index (Phi) is 6.41. The molecule has 0 atom stereocenters. The van der Waals surface area contributed by atoms with E-state index in [4.69, 9.17) is 4.74 Å². The van der Waals surface area contributed by atoms with Crippen LogP contribution in [0.2, 0.25) is 0 Å². The van der Waals surface area contributed by atoms with Gasteiger partial charge >= 0.3 is 0 Å². The maximum atomic E-state index is 12.2. The lowest BCUT2D eigenvalue weighted by Crippen LogP contribution is -2.36. The molecule has 1 N–H and O–H groups in total. The van der Waals surface area contributed by atoms with Crippen LogP contribution in [0.15, 0.2) is 29.6 Å². The van der Waals surface area contributed by atoms with E-state index in [1.165, 1.54) is 16.2 Å². The fourth-order valence-corrected chi connectivity index (χ4v) is 3.47. The first-order valence-electron chi connectivity index (χ1n) is 8.89. The number of nitrogens with zero attached hydrogens (tertiary/aromatic N) is 3. The van der Waals surface area contributed by atoms with Crippen LogP contribution in [0.25, 0.3) is 0 Å². The fourth-order valence-electron chi connectivity index (χ4n) is 2.86. The van der Waals surface area contributed by atoms with Crippen molar-refractivity contribution >= 4 is 34.5 Å². The highest BCUT2D eigenvalue weighted by atomic mass is 32.1. The average Bonchev–Trinajstić information content (AvgIpc) is 3.07. The number of carbonyl (C=O) groups excluding carboxylic acids is 2. The molecular formula is C19H24N4O3S. The van der Waals surface area contributed by atoms with Crippen molar-refractivity contribution in [2.24, 2.45) is 0 Å². The molecule has 7 nitrogen and oxygen atoms in total. The molecule has 1 aromatic carbocycles. The Morgan fingerprint density at radius 3 is 2.59 bits per heavy atom. The van der Waals surface area contributed by atoms with E-state index in [1.54, 1.807) is 7.05 Å². The molecule has 144 valence electrons. The molecule has 1 saturated heterocycles. The minimum atomic E-state index is -0.223. The van der Waals surface area contributed by atoms with Crippen molar-refractivity contribution in [2.75, 3.05) is 50.1 Å².